The second-order valence-electron chi connectivity index (χ2n) is 10.2. The number of nitrogens with zero attached hydrogens (tertiary/aromatic N) is 4. The van der Waals surface area contributed by atoms with Crippen LogP contribution < -0.4 is 10.2 Å². The van der Waals surface area contributed by atoms with Crippen molar-refractivity contribution in [3.63, 3.8) is 0 Å². The summed E-state index contributed by atoms with van der Waals surface area (Å²) < 4.78 is 18.2. The number of hydrogen-bond acceptors (Lipinski definition) is 9. The molecule has 3 rings (SSSR count). The maximum atomic E-state index is 13.2. The Morgan fingerprint density at radius 3 is 2.17 bits per heavy atom. The van der Waals surface area contributed by atoms with Gasteiger partial charge in [0.05, 0.1) is 23.5 Å². The SMILES string of the molecule is CC(C)(C)OC(=O)N(C(=O)OC(C)(C)C)c1ncc(NC(=O)C(=O)O)c2c1cnn2C1CCCCO1. The van der Waals surface area contributed by atoms with Crippen LogP contribution in [0.1, 0.15) is 67.0 Å². The number of imide groups is 1. The van der Waals surface area contributed by atoms with Gasteiger partial charge in [0.2, 0.25) is 0 Å². The molecule has 0 bridgehead atoms. The van der Waals surface area contributed by atoms with E-state index in [1.54, 1.807) is 41.5 Å². The van der Waals surface area contributed by atoms with Crippen molar-refractivity contribution >= 4 is 46.5 Å². The summed E-state index contributed by atoms with van der Waals surface area (Å²) in [5.74, 6) is -3.15. The Bertz CT molecular complexity index is 1140. The Hall–Kier alpha value is -3.74. The molecule has 196 valence electrons. The van der Waals surface area contributed by atoms with E-state index < -0.39 is 41.5 Å². The molecule has 2 aromatic rings. The predicted octanol–water partition coefficient (Wildman–Crippen LogP) is 3.83. The molecule has 3 amide bonds. The lowest BCUT2D eigenvalue weighted by Gasteiger charge is -2.28. The van der Waals surface area contributed by atoms with Gasteiger partial charge >= 0.3 is 24.1 Å². The molecule has 2 aromatic heterocycles. The molecule has 36 heavy (non-hydrogen) atoms. The van der Waals surface area contributed by atoms with Crippen molar-refractivity contribution in [1.29, 1.82) is 0 Å². The smallest absolute Gasteiger partial charge is 0.425 e. The fraction of sp³-hybridized carbons (Fsp3) is 0.565. The molecule has 1 aliphatic heterocycles. The van der Waals surface area contributed by atoms with Gasteiger partial charge in [-0.25, -0.2) is 24.0 Å². The van der Waals surface area contributed by atoms with Gasteiger partial charge in [-0.3, -0.25) is 4.79 Å². The van der Waals surface area contributed by atoms with E-state index in [-0.39, 0.29) is 22.4 Å². The van der Waals surface area contributed by atoms with E-state index >= 15 is 0 Å². The molecule has 3 heterocycles. The summed E-state index contributed by atoms with van der Waals surface area (Å²) in [5, 5.41) is 15.9. The van der Waals surface area contributed by atoms with Gasteiger partial charge in [0.15, 0.2) is 12.0 Å². The highest BCUT2D eigenvalue weighted by Gasteiger charge is 2.36. The van der Waals surface area contributed by atoms with Crippen LogP contribution in [0.5, 0.6) is 0 Å². The molecule has 0 aliphatic carbocycles. The number of carbonyl (C=O) groups is 4. The Kier molecular flexibility index (Phi) is 7.53. The summed E-state index contributed by atoms with van der Waals surface area (Å²) in [6.45, 7) is 10.3. The molecule has 2 N–H and O–H groups in total. The minimum Gasteiger partial charge on any atom is -0.474 e. The number of carboxylic acid groups (broad SMARTS) is 1. The number of carbonyl (C=O) groups excluding carboxylic acids is 3. The minimum absolute atomic E-state index is 0.0150. The van der Waals surface area contributed by atoms with Gasteiger partial charge in [-0.15, -0.1) is 0 Å². The third-order valence-electron chi connectivity index (χ3n) is 4.84. The molecule has 1 fully saturated rings. The van der Waals surface area contributed by atoms with E-state index in [2.05, 4.69) is 15.4 Å². The first-order valence-corrected chi connectivity index (χ1v) is 11.5. The summed E-state index contributed by atoms with van der Waals surface area (Å²) in [6.07, 6.45) is 2.27. The number of anilines is 2. The standard InChI is InChI=1S/C23H31N5O8/c1-22(2,3)35-20(32)27(21(33)36-23(4,5)6)17-13-11-25-28(15-9-7-8-10-34-15)16(13)14(12-24-17)26-18(29)19(30)31/h11-12,15H,7-10H2,1-6H3,(H,26,29)(H,30,31). The maximum Gasteiger partial charge on any atom is 0.425 e. The Balaban J connectivity index is 2.20. The molecule has 1 aliphatic rings. The summed E-state index contributed by atoms with van der Waals surface area (Å²) in [6, 6.07) is 0. The molecule has 0 radical (unpaired) electrons. The number of aliphatic carboxylic acids is 1. The molecule has 13 nitrogen and oxygen atoms in total. The second-order valence-corrected chi connectivity index (χ2v) is 10.2. The maximum absolute atomic E-state index is 13.2. The first-order valence-electron chi connectivity index (χ1n) is 11.5. The number of aromatic nitrogens is 3. The van der Waals surface area contributed by atoms with E-state index in [4.69, 9.17) is 19.3 Å². The Morgan fingerprint density at radius 1 is 1.06 bits per heavy atom. The third-order valence-corrected chi connectivity index (χ3v) is 4.84. The number of ether oxygens (including phenoxy) is 3. The van der Waals surface area contributed by atoms with Crippen LogP contribution in [0.2, 0.25) is 0 Å². The molecule has 1 saturated heterocycles. The summed E-state index contributed by atoms with van der Waals surface area (Å²) in [5.41, 5.74) is -1.64. The first-order chi connectivity index (χ1) is 16.7. The van der Waals surface area contributed by atoms with Crippen LogP contribution in [0.4, 0.5) is 21.1 Å². The van der Waals surface area contributed by atoms with Crippen molar-refractivity contribution in [1.82, 2.24) is 14.8 Å². The molecular formula is C23H31N5O8. The Morgan fingerprint density at radius 2 is 1.67 bits per heavy atom. The average molecular weight is 506 g/mol. The molecular weight excluding hydrogens is 474 g/mol. The van der Waals surface area contributed by atoms with Crippen molar-refractivity contribution in [2.75, 3.05) is 16.8 Å². The summed E-state index contributed by atoms with van der Waals surface area (Å²) in [7, 11) is 0. The van der Waals surface area contributed by atoms with Crippen molar-refractivity contribution in [3.8, 4) is 0 Å². The molecule has 1 unspecified atom stereocenters. The monoisotopic (exact) mass is 505 g/mol. The topological polar surface area (TPSA) is 162 Å². The largest absolute Gasteiger partial charge is 0.474 e. The third kappa shape index (κ3) is 6.27. The summed E-state index contributed by atoms with van der Waals surface area (Å²) >= 11 is 0. The fourth-order valence-corrected chi connectivity index (χ4v) is 3.49. The number of pyridine rings is 1. The molecule has 0 spiro atoms. The number of amides is 3. The molecule has 0 aromatic carbocycles. The molecule has 13 heteroatoms. The minimum atomic E-state index is -1.70. The van der Waals surface area contributed by atoms with Crippen LogP contribution in [0.15, 0.2) is 12.4 Å². The van der Waals surface area contributed by atoms with Crippen molar-refractivity contribution in [2.45, 2.75) is 78.2 Å². The van der Waals surface area contributed by atoms with E-state index in [1.807, 2.05) is 0 Å². The average Bonchev–Trinajstić information content (AvgIpc) is 3.19. The second kappa shape index (κ2) is 10.1. The van der Waals surface area contributed by atoms with Gasteiger partial charge in [0.1, 0.15) is 16.7 Å². The normalized spacial score (nSPS) is 16.3. The van der Waals surface area contributed by atoms with Crippen LogP contribution >= 0.6 is 0 Å². The van der Waals surface area contributed by atoms with Gasteiger partial charge in [-0.1, -0.05) is 0 Å². The van der Waals surface area contributed by atoms with Crippen molar-refractivity contribution < 1.29 is 38.5 Å². The zero-order valence-corrected chi connectivity index (χ0v) is 21.2. The van der Waals surface area contributed by atoms with Crippen LogP contribution in [-0.2, 0) is 23.8 Å². The van der Waals surface area contributed by atoms with Gasteiger partial charge in [-0.2, -0.15) is 10.00 Å². The van der Waals surface area contributed by atoms with Gasteiger partial charge in [0, 0.05) is 6.61 Å². The highest BCUT2D eigenvalue weighted by molar-refractivity contribution is 6.37. The van der Waals surface area contributed by atoms with Gasteiger partial charge in [0.25, 0.3) is 0 Å². The number of hydrogen-bond donors (Lipinski definition) is 2. The van der Waals surface area contributed by atoms with E-state index in [9.17, 15) is 19.2 Å². The lowest BCUT2D eigenvalue weighted by molar-refractivity contribution is -0.147. The highest BCUT2D eigenvalue weighted by atomic mass is 16.6. The number of nitrogens with one attached hydrogen (secondary N) is 1. The first kappa shape index (κ1) is 26.9. The van der Waals surface area contributed by atoms with Crippen LogP contribution in [0.3, 0.4) is 0 Å². The van der Waals surface area contributed by atoms with Crippen LogP contribution in [0.25, 0.3) is 10.9 Å². The highest BCUT2D eigenvalue weighted by Crippen LogP contribution is 2.35. The fourth-order valence-electron chi connectivity index (χ4n) is 3.49. The molecule has 1 atom stereocenters. The zero-order valence-electron chi connectivity index (χ0n) is 21.2. The predicted molar refractivity (Wildman–Crippen MR) is 128 cm³/mol. The van der Waals surface area contributed by atoms with E-state index in [0.29, 0.717) is 17.9 Å². The quantitative estimate of drug-likeness (QED) is 0.586. The van der Waals surface area contributed by atoms with Crippen molar-refractivity contribution in [2.24, 2.45) is 0 Å². The van der Waals surface area contributed by atoms with Crippen LogP contribution in [0, 0.1) is 0 Å². The van der Waals surface area contributed by atoms with Crippen LogP contribution in [-0.4, -0.2) is 61.7 Å². The zero-order chi connectivity index (χ0) is 26.8. The lowest BCUT2D eigenvalue weighted by Crippen LogP contribution is -2.44. The Labute approximate surface area is 207 Å². The van der Waals surface area contributed by atoms with Crippen molar-refractivity contribution in [3.05, 3.63) is 12.4 Å². The van der Waals surface area contributed by atoms with Gasteiger partial charge in [-0.05, 0) is 60.8 Å². The van der Waals surface area contributed by atoms with E-state index in [0.717, 1.165) is 19.0 Å². The number of rotatable bonds is 3. The van der Waals surface area contributed by atoms with Gasteiger partial charge < -0.3 is 24.6 Å². The molecule has 0 saturated carbocycles. The lowest BCUT2D eigenvalue weighted by atomic mass is 10.2. The van der Waals surface area contributed by atoms with E-state index in [1.165, 1.54) is 10.9 Å². The number of carboxylic acids is 1. The number of fused-ring (bicyclic) bond motifs is 1. The summed E-state index contributed by atoms with van der Waals surface area (Å²) in [4.78, 5) is 54.3.